The van der Waals surface area contributed by atoms with Crippen LogP contribution in [0.5, 0.6) is 0 Å². The minimum absolute atomic E-state index is 0.382. The van der Waals surface area contributed by atoms with Gasteiger partial charge in [0.2, 0.25) is 0 Å². The number of hydrazone groups is 1. The van der Waals surface area contributed by atoms with Crippen LogP contribution in [0.2, 0.25) is 0 Å². The van der Waals surface area contributed by atoms with Crippen molar-refractivity contribution in [3.8, 4) is 0 Å². The van der Waals surface area contributed by atoms with Crippen LogP contribution < -0.4 is 10.7 Å². The topological polar surface area (TPSA) is 66.4 Å². The SMILES string of the molecule is CC(C)=NNC(=O)Nc1cscn1. The molecule has 0 bridgehead atoms. The summed E-state index contributed by atoms with van der Waals surface area (Å²) in [6.07, 6.45) is 0. The number of nitrogens with one attached hydrogen (secondary N) is 2. The predicted molar refractivity (Wildman–Crippen MR) is 53.1 cm³/mol. The zero-order valence-corrected chi connectivity index (χ0v) is 8.18. The molecule has 0 saturated carbocycles. The van der Waals surface area contributed by atoms with Crippen LogP contribution in [0.15, 0.2) is 16.0 Å². The van der Waals surface area contributed by atoms with E-state index in [0.717, 1.165) is 5.71 Å². The number of carbonyl (C=O) groups excluding carboxylic acids is 1. The smallest absolute Gasteiger partial charge is 0.290 e. The lowest BCUT2D eigenvalue weighted by Crippen LogP contribution is -2.24. The summed E-state index contributed by atoms with van der Waals surface area (Å²) in [6.45, 7) is 3.59. The standard InChI is InChI=1S/C7H10N4OS/c1-5(2)10-11-7(12)9-6-3-13-4-8-6/h3-4H,1-2H3,(H2,9,11,12). The summed E-state index contributed by atoms with van der Waals surface area (Å²) in [7, 11) is 0. The zero-order valence-electron chi connectivity index (χ0n) is 7.37. The van der Waals surface area contributed by atoms with Gasteiger partial charge >= 0.3 is 6.03 Å². The molecule has 13 heavy (non-hydrogen) atoms. The number of rotatable bonds is 2. The molecule has 1 aromatic rings. The summed E-state index contributed by atoms with van der Waals surface area (Å²) in [4.78, 5) is 14.9. The number of carbonyl (C=O) groups is 1. The lowest BCUT2D eigenvalue weighted by atomic mass is 10.5. The molecule has 0 aromatic carbocycles. The van der Waals surface area contributed by atoms with Crippen molar-refractivity contribution < 1.29 is 4.79 Å². The monoisotopic (exact) mass is 198 g/mol. The van der Waals surface area contributed by atoms with E-state index in [2.05, 4.69) is 20.8 Å². The average Bonchev–Trinajstić information content (AvgIpc) is 2.53. The third-order valence-corrected chi connectivity index (χ3v) is 1.64. The molecular formula is C7H10N4OS. The molecule has 0 aliphatic rings. The molecule has 0 aliphatic carbocycles. The van der Waals surface area contributed by atoms with Crippen molar-refractivity contribution in [2.75, 3.05) is 5.32 Å². The fourth-order valence-corrected chi connectivity index (χ4v) is 1.07. The molecule has 0 aliphatic heterocycles. The number of thiazole rings is 1. The lowest BCUT2D eigenvalue weighted by Gasteiger charge is -1.99. The summed E-state index contributed by atoms with van der Waals surface area (Å²) in [5, 5.41) is 7.99. The number of hydrogen-bond donors (Lipinski definition) is 2. The Kier molecular flexibility index (Phi) is 3.39. The first kappa shape index (κ1) is 9.66. The molecule has 6 heteroatoms. The summed E-state index contributed by atoms with van der Waals surface area (Å²) >= 11 is 1.42. The van der Waals surface area contributed by atoms with E-state index in [1.54, 1.807) is 24.7 Å². The number of anilines is 1. The largest absolute Gasteiger partial charge is 0.340 e. The molecule has 0 radical (unpaired) electrons. The summed E-state index contributed by atoms with van der Waals surface area (Å²) in [5.74, 6) is 0.534. The quantitative estimate of drug-likeness (QED) is 0.560. The average molecular weight is 198 g/mol. The minimum Gasteiger partial charge on any atom is -0.290 e. The highest BCUT2D eigenvalue weighted by molar-refractivity contribution is 7.07. The van der Waals surface area contributed by atoms with E-state index in [1.165, 1.54) is 11.3 Å². The molecule has 2 N–H and O–H groups in total. The van der Waals surface area contributed by atoms with Crippen LogP contribution in [-0.2, 0) is 0 Å². The highest BCUT2D eigenvalue weighted by Gasteiger charge is 2.00. The Balaban J connectivity index is 2.39. The Morgan fingerprint density at radius 3 is 2.92 bits per heavy atom. The van der Waals surface area contributed by atoms with Crippen LogP contribution in [0, 0.1) is 0 Å². The predicted octanol–water partition coefficient (Wildman–Crippen LogP) is 1.66. The van der Waals surface area contributed by atoms with E-state index in [9.17, 15) is 4.79 Å². The first-order valence-electron chi connectivity index (χ1n) is 3.64. The van der Waals surface area contributed by atoms with Crippen LogP contribution in [-0.4, -0.2) is 16.7 Å². The zero-order chi connectivity index (χ0) is 9.68. The minimum atomic E-state index is -0.382. The van der Waals surface area contributed by atoms with Gasteiger partial charge in [-0.1, -0.05) is 0 Å². The van der Waals surface area contributed by atoms with Crippen molar-refractivity contribution in [3.05, 3.63) is 10.9 Å². The number of aromatic nitrogens is 1. The second-order valence-electron chi connectivity index (χ2n) is 2.50. The Morgan fingerprint density at radius 2 is 2.38 bits per heavy atom. The van der Waals surface area contributed by atoms with Gasteiger partial charge in [-0.15, -0.1) is 11.3 Å². The van der Waals surface area contributed by atoms with Crippen LogP contribution in [0.3, 0.4) is 0 Å². The first-order valence-corrected chi connectivity index (χ1v) is 4.59. The van der Waals surface area contributed by atoms with Crippen LogP contribution >= 0.6 is 11.3 Å². The van der Waals surface area contributed by atoms with E-state index >= 15 is 0 Å². The van der Waals surface area contributed by atoms with Gasteiger partial charge in [-0.2, -0.15) is 5.10 Å². The Morgan fingerprint density at radius 1 is 1.62 bits per heavy atom. The molecule has 5 nitrogen and oxygen atoms in total. The van der Waals surface area contributed by atoms with Gasteiger partial charge in [0.15, 0.2) is 0 Å². The van der Waals surface area contributed by atoms with Crippen molar-refractivity contribution in [2.45, 2.75) is 13.8 Å². The summed E-state index contributed by atoms with van der Waals surface area (Å²) < 4.78 is 0. The van der Waals surface area contributed by atoms with E-state index in [1.807, 2.05) is 0 Å². The number of nitrogens with zero attached hydrogens (tertiary/aromatic N) is 2. The van der Waals surface area contributed by atoms with Gasteiger partial charge in [-0.3, -0.25) is 5.32 Å². The second kappa shape index (κ2) is 4.56. The molecule has 1 aromatic heterocycles. The molecule has 0 fully saturated rings. The third kappa shape index (κ3) is 3.66. The van der Waals surface area contributed by atoms with Gasteiger partial charge in [0.05, 0.1) is 5.51 Å². The fraction of sp³-hybridized carbons (Fsp3) is 0.286. The van der Waals surface area contributed by atoms with Gasteiger partial charge < -0.3 is 0 Å². The third-order valence-electron chi connectivity index (χ3n) is 1.05. The Bertz CT molecular complexity index is 302. The van der Waals surface area contributed by atoms with E-state index in [-0.39, 0.29) is 6.03 Å². The lowest BCUT2D eigenvalue weighted by molar-refractivity contribution is 0.252. The van der Waals surface area contributed by atoms with Gasteiger partial charge in [0.1, 0.15) is 5.82 Å². The molecule has 1 heterocycles. The van der Waals surface area contributed by atoms with Gasteiger partial charge in [0.25, 0.3) is 0 Å². The molecule has 70 valence electrons. The number of amides is 2. The summed E-state index contributed by atoms with van der Waals surface area (Å²) in [6, 6.07) is -0.382. The van der Waals surface area contributed by atoms with Crippen molar-refractivity contribution in [2.24, 2.45) is 5.10 Å². The Hall–Kier alpha value is -1.43. The molecule has 0 saturated heterocycles. The van der Waals surface area contributed by atoms with E-state index < -0.39 is 0 Å². The van der Waals surface area contributed by atoms with Crippen molar-refractivity contribution in [1.29, 1.82) is 0 Å². The molecular weight excluding hydrogens is 188 g/mol. The van der Waals surface area contributed by atoms with Gasteiger partial charge in [-0.25, -0.2) is 15.2 Å². The summed E-state index contributed by atoms with van der Waals surface area (Å²) in [5.41, 5.74) is 4.75. The number of urea groups is 1. The highest BCUT2D eigenvalue weighted by Crippen LogP contribution is 2.05. The van der Waals surface area contributed by atoms with Crippen molar-refractivity contribution in [3.63, 3.8) is 0 Å². The maximum Gasteiger partial charge on any atom is 0.340 e. The van der Waals surface area contributed by atoms with Crippen LogP contribution in [0.4, 0.5) is 10.6 Å². The maximum atomic E-state index is 11.1. The van der Waals surface area contributed by atoms with Crippen molar-refractivity contribution >= 4 is 28.9 Å². The second-order valence-corrected chi connectivity index (χ2v) is 3.22. The molecule has 2 amide bonds. The highest BCUT2D eigenvalue weighted by atomic mass is 32.1. The Labute approximate surface area is 79.9 Å². The van der Waals surface area contributed by atoms with Gasteiger partial charge in [-0.05, 0) is 13.8 Å². The van der Waals surface area contributed by atoms with E-state index in [4.69, 9.17) is 0 Å². The molecule has 1 rings (SSSR count). The molecule has 0 spiro atoms. The molecule has 0 unspecified atom stereocenters. The van der Waals surface area contributed by atoms with E-state index in [0.29, 0.717) is 5.82 Å². The van der Waals surface area contributed by atoms with Crippen LogP contribution in [0.1, 0.15) is 13.8 Å². The fourth-order valence-electron chi connectivity index (χ4n) is 0.581. The maximum absolute atomic E-state index is 11.1. The molecule has 0 atom stereocenters. The number of hydrogen-bond acceptors (Lipinski definition) is 4. The van der Waals surface area contributed by atoms with Crippen LogP contribution in [0.25, 0.3) is 0 Å². The van der Waals surface area contributed by atoms with Crippen molar-refractivity contribution in [1.82, 2.24) is 10.4 Å². The first-order chi connectivity index (χ1) is 6.18. The van der Waals surface area contributed by atoms with Gasteiger partial charge in [0, 0.05) is 11.1 Å². The normalized spacial score (nSPS) is 9.08.